The Kier molecular flexibility index (Phi) is 6.85. The van der Waals surface area contributed by atoms with Gasteiger partial charge in [0.05, 0.1) is 6.10 Å². The maximum absolute atomic E-state index is 8.68. The van der Waals surface area contributed by atoms with Crippen molar-refractivity contribution in [2.45, 2.75) is 20.5 Å². The number of likely N-dealkylation sites (N-methyl/N-ethyl adjacent to an activating group) is 1. The largest absolute Gasteiger partial charge is 0.392 e. The smallest absolute Gasteiger partial charge is 0.0638 e. The number of nitrogens with zero attached hydrogens (tertiary/aromatic N) is 1. The molecule has 0 fully saturated rings. The minimum atomic E-state index is -0.199. The van der Waals surface area contributed by atoms with Crippen LogP contribution in [0.3, 0.4) is 0 Å². The Morgan fingerprint density at radius 1 is 1.50 bits per heavy atom. The first-order valence-corrected chi connectivity index (χ1v) is 2.45. The molecule has 1 unspecified atom stereocenters. The highest BCUT2D eigenvalue weighted by Gasteiger charge is 1.93. The standard InChI is InChI=1S/C5H13NO.CH4/c1-5(7)4-6(2)3;/h5,7H,4H2,1-3H3;1H4. The summed E-state index contributed by atoms with van der Waals surface area (Å²) in [5.74, 6) is 0. The number of rotatable bonds is 2. The van der Waals surface area contributed by atoms with Gasteiger partial charge in [0, 0.05) is 6.54 Å². The fourth-order valence-electron chi connectivity index (χ4n) is 0.528. The summed E-state index contributed by atoms with van der Waals surface area (Å²) < 4.78 is 0. The summed E-state index contributed by atoms with van der Waals surface area (Å²) in [7, 11) is 3.87. The van der Waals surface area contributed by atoms with Gasteiger partial charge < -0.3 is 10.0 Å². The third-order valence-corrected chi connectivity index (χ3v) is 0.629. The van der Waals surface area contributed by atoms with E-state index in [1.54, 1.807) is 6.92 Å². The molecule has 0 aliphatic carbocycles. The summed E-state index contributed by atoms with van der Waals surface area (Å²) in [4.78, 5) is 1.95. The van der Waals surface area contributed by atoms with Crippen molar-refractivity contribution in [3.05, 3.63) is 0 Å². The molecule has 1 N–H and O–H groups in total. The van der Waals surface area contributed by atoms with E-state index in [2.05, 4.69) is 0 Å². The van der Waals surface area contributed by atoms with Crippen LogP contribution in [0.1, 0.15) is 14.4 Å². The van der Waals surface area contributed by atoms with Crippen molar-refractivity contribution < 1.29 is 5.11 Å². The van der Waals surface area contributed by atoms with Crippen molar-refractivity contribution >= 4 is 0 Å². The summed E-state index contributed by atoms with van der Waals surface area (Å²) in [5.41, 5.74) is 0. The Bertz CT molecular complexity index is 37.8. The maximum Gasteiger partial charge on any atom is 0.0638 e. The highest BCUT2D eigenvalue weighted by molar-refractivity contribution is 4.48. The Labute approximate surface area is 52.1 Å². The molecule has 0 aromatic heterocycles. The van der Waals surface area contributed by atoms with Gasteiger partial charge in [-0.3, -0.25) is 0 Å². The quantitative estimate of drug-likeness (QED) is 0.574. The first kappa shape index (κ1) is 10.8. The van der Waals surface area contributed by atoms with Gasteiger partial charge in [-0.1, -0.05) is 7.43 Å². The molecule has 2 heteroatoms. The molecular weight excluding hydrogens is 102 g/mol. The second-order valence-corrected chi connectivity index (χ2v) is 2.11. The van der Waals surface area contributed by atoms with E-state index in [1.165, 1.54) is 0 Å². The lowest BCUT2D eigenvalue weighted by Crippen LogP contribution is -2.22. The van der Waals surface area contributed by atoms with Crippen molar-refractivity contribution in [1.29, 1.82) is 0 Å². The molecule has 0 spiro atoms. The van der Waals surface area contributed by atoms with Gasteiger partial charge in [-0.15, -0.1) is 0 Å². The van der Waals surface area contributed by atoms with Crippen LogP contribution in [0.15, 0.2) is 0 Å². The second-order valence-electron chi connectivity index (χ2n) is 2.11. The average molecular weight is 119 g/mol. The monoisotopic (exact) mass is 119 g/mol. The zero-order valence-corrected chi connectivity index (χ0v) is 5.18. The molecule has 0 aromatic rings. The third-order valence-electron chi connectivity index (χ3n) is 0.629. The van der Waals surface area contributed by atoms with E-state index in [1.807, 2.05) is 19.0 Å². The molecule has 2 nitrogen and oxygen atoms in total. The van der Waals surface area contributed by atoms with Gasteiger partial charge >= 0.3 is 0 Å². The zero-order chi connectivity index (χ0) is 5.86. The molecule has 0 rings (SSSR count). The third kappa shape index (κ3) is 9.33. The van der Waals surface area contributed by atoms with Crippen LogP contribution in [0, 0.1) is 0 Å². The SMILES string of the molecule is C.CC(O)CN(C)C. The van der Waals surface area contributed by atoms with Crippen LogP contribution >= 0.6 is 0 Å². The Hall–Kier alpha value is -0.0800. The van der Waals surface area contributed by atoms with Crippen LogP contribution < -0.4 is 0 Å². The van der Waals surface area contributed by atoms with Crippen LogP contribution in [0.2, 0.25) is 0 Å². The highest BCUT2D eigenvalue weighted by atomic mass is 16.3. The molecule has 0 aliphatic rings. The van der Waals surface area contributed by atoms with Gasteiger partial charge in [0.1, 0.15) is 0 Å². The van der Waals surface area contributed by atoms with Crippen LogP contribution in [-0.2, 0) is 0 Å². The summed E-state index contributed by atoms with van der Waals surface area (Å²) >= 11 is 0. The summed E-state index contributed by atoms with van der Waals surface area (Å²) in [6.07, 6.45) is -0.199. The summed E-state index contributed by atoms with van der Waals surface area (Å²) in [6.45, 7) is 2.53. The van der Waals surface area contributed by atoms with Crippen molar-refractivity contribution in [2.24, 2.45) is 0 Å². The van der Waals surface area contributed by atoms with E-state index in [0.717, 1.165) is 6.54 Å². The number of hydrogen-bond donors (Lipinski definition) is 1. The van der Waals surface area contributed by atoms with E-state index in [0.29, 0.717) is 0 Å². The molecule has 0 aliphatic heterocycles. The summed E-state index contributed by atoms with van der Waals surface area (Å²) in [5, 5.41) is 8.68. The van der Waals surface area contributed by atoms with E-state index in [-0.39, 0.29) is 13.5 Å². The molecule has 0 radical (unpaired) electrons. The Morgan fingerprint density at radius 3 is 1.88 bits per heavy atom. The lowest BCUT2D eigenvalue weighted by atomic mass is 10.4. The van der Waals surface area contributed by atoms with E-state index < -0.39 is 0 Å². The predicted octanol–water partition coefficient (Wildman–Crippen LogP) is 0.565. The van der Waals surface area contributed by atoms with Crippen LogP contribution in [0.4, 0.5) is 0 Å². The molecule has 0 amide bonds. The van der Waals surface area contributed by atoms with Gasteiger partial charge in [-0.25, -0.2) is 0 Å². The summed E-state index contributed by atoms with van der Waals surface area (Å²) in [6, 6.07) is 0. The Balaban J connectivity index is 0. The van der Waals surface area contributed by atoms with E-state index in [9.17, 15) is 0 Å². The zero-order valence-electron chi connectivity index (χ0n) is 5.18. The molecule has 1 atom stereocenters. The average Bonchev–Trinajstić information content (AvgIpc) is 1.27. The topological polar surface area (TPSA) is 23.5 Å². The van der Waals surface area contributed by atoms with Gasteiger partial charge in [0.15, 0.2) is 0 Å². The van der Waals surface area contributed by atoms with Crippen LogP contribution in [0.25, 0.3) is 0 Å². The van der Waals surface area contributed by atoms with Gasteiger partial charge in [-0.2, -0.15) is 0 Å². The number of hydrogen-bond acceptors (Lipinski definition) is 2. The van der Waals surface area contributed by atoms with Crippen LogP contribution in [0.5, 0.6) is 0 Å². The van der Waals surface area contributed by atoms with Gasteiger partial charge in [-0.05, 0) is 21.0 Å². The lowest BCUT2D eigenvalue weighted by molar-refractivity contribution is 0.154. The Morgan fingerprint density at radius 2 is 1.88 bits per heavy atom. The van der Waals surface area contributed by atoms with Gasteiger partial charge in [0.2, 0.25) is 0 Å². The molecule has 0 heterocycles. The molecule has 0 saturated carbocycles. The maximum atomic E-state index is 8.68. The van der Waals surface area contributed by atoms with Crippen molar-refractivity contribution in [3.8, 4) is 0 Å². The fourth-order valence-corrected chi connectivity index (χ4v) is 0.528. The van der Waals surface area contributed by atoms with Gasteiger partial charge in [0.25, 0.3) is 0 Å². The molecule has 8 heavy (non-hydrogen) atoms. The second kappa shape index (κ2) is 5.06. The van der Waals surface area contributed by atoms with Crippen molar-refractivity contribution in [3.63, 3.8) is 0 Å². The van der Waals surface area contributed by atoms with E-state index in [4.69, 9.17) is 5.11 Å². The molecule has 0 bridgehead atoms. The number of aliphatic hydroxyl groups is 1. The lowest BCUT2D eigenvalue weighted by Gasteiger charge is -2.10. The highest BCUT2D eigenvalue weighted by Crippen LogP contribution is 1.80. The van der Waals surface area contributed by atoms with E-state index >= 15 is 0 Å². The number of aliphatic hydroxyl groups excluding tert-OH is 1. The fraction of sp³-hybridized carbons (Fsp3) is 1.00. The predicted molar refractivity (Wildman–Crippen MR) is 37.0 cm³/mol. The molecule has 0 saturated heterocycles. The minimum absolute atomic E-state index is 0. The van der Waals surface area contributed by atoms with Crippen LogP contribution in [-0.4, -0.2) is 36.8 Å². The first-order chi connectivity index (χ1) is 3.13. The minimum Gasteiger partial charge on any atom is -0.392 e. The first-order valence-electron chi connectivity index (χ1n) is 2.45. The normalized spacial score (nSPS) is 13.1. The molecular formula is C6H17NO. The van der Waals surface area contributed by atoms with Crippen molar-refractivity contribution in [1.82, 2.24) is 4.90 Å². The van der Waals surface area contributed by atoms with Crippen molar-refractivity contribution in [2.75, 3.05) is 20.6 Å². The molecule has 52 valence electrons. The molecule has 0 aromatic carbocycles.